The highest BCUT2D eigenvalue weighted by atomic mass is 35.5. The number of rotatable bonds is 7. The van der Waals surface area contributed by atoms with Gasteiger partial charge in [0.05, 0.1) is 17.9 Å². The van der Waals surface area contributed by atoms with Gasteiger partial charge in [-0.2, -0.15) is 11.8 Å². The fourth-order valence-corrected chi connectivity index (χ4v) is 6.73. The van der Waals surface area contributed by atoms with E-state index in [4.69, 9.17) is 16.3 Å². The predicted molar refractivity (Wildman–Crippen MR) is 108 cm³/mol. The van der Waals surface area contributed by atoms with Crippen LogP contribution in [0.3, 0.4) is 0 Å². The lowest BCUT2D eigenvalue weighted by Crippen LogP contribution is -2.20. The van der Waals surface area contributed by atoms with Crippen molar-refractivity contribution in [3.8, 4) is 5.75 Å². The van der Waals surface area contributed by atoms with Crippen molar-refractivity contribution in [2.24, 2.45) is 5.41 Å². The number of hydrogen-bond donors (Lipinski definition) is 0. The third-order valence-corrected chi connectivity index (χ3v) is 9.09. The number of alkyl halides is 1. The zero-order valence-corrected chi connectivity index (χ0v) is 17.1. The summed E-state index contributed by atoms with van der Waals surface area (Å²) in [5.41, 5.74) is 2.33. The fourth-order valence-electron chi connectivity index (χ4n) is 2.87. The Balaban J connectivity index is 1.57. The number of ether oxygens (including phenoxy) is 1. The lowest BCUT2D eigenvalue weighted by atomic mass is 10.2. The molecule has 0 heterocycles. The Labute approximate surface area is 161 Å². The number of methoxy groups -OCH3 is 1. The van der Waals surface area contributed by atoms with Gasteiger partial charge >= 0.3 is 0 Å². The van der Waals surface area contributed by atoms with Crippen molar-refractivity contribution in [1.82, 2.24) is 0 Å². The third-order valence-electron chi connectivity index (χ3n) is 4.77. The maximum atomic E-state index is 12.9. The van der Waals surface area contributed by atoms with E-state index >= 15 is 0 Å². The largest absolute Gasteiger partial charge is 0.497 e. The molecule has 1 fully saturated rings. The van der Waals surface area contributed by atoms with Crippen LogP contribution >= 0.6 is 23.4 Å². The van der Waals surface area contributed by atoms with Gasteiger partial charge in [-0.05, 0) is 43.2 Å². The van der Waals surface area contributed by atoms with Crippen LogP contribution in [0.15, 0.2) is 53.4 Å². The van der Waals surface area contributed by atoms with Crippen LogP contribution in [0, 0.1) is 12.3 Å². The quantitative estimate of drug-likeness (QED) is 0.589. The van der Waals surface area contributed by atoms with Gasteiger partial charge in [-0.1, -0.05) is 36.8 Å². The van der Waals surface area contributed by atoms with Crippen LogP contribution in [-0.4, -0.2) is 21.3 Å². The van der Waals surface area contributed by atoms with E-state index in [-0.39, 0.29) is 5.41 Å². The molecule has 3 rings (SSSR count). The molecule has 0 N–H and O–H groups in total. The predicted octanol–water partition coefficient (Wildman–Crippen LogP) is 5.39. The van der Waals surface area contributed by atoms with E-state index in [1.54, 1.807) is 7.11 Å². The van der Waals surface area contributed by atoms with E-state index in [1.807, 2.05) is 55.1 Å². The molecule has 1 unspecified atom stereocenters. The van der Waals surface area contributed by atoms with E-state index < -0.39 is 15.0 Å². The molecule has 25 heavy (non-hydrogen) atoms. The van der Waals surface area contributed by atoms with Crippen LogP contribution in [0.4, 0.5) is 0 Å². The Morgan fingerprint density at radius 3 is 2.40 bits per heavy atom. The molecular weight excluding hydrogens is 372 g/mol. The Morgan fingerprint density at radius 2 is 1.80 bits per heavy atom. The smallest absolute Gasteiger partial charge is 0.131 e. The first-order valence-electron chi connectivity index (χ1n) is 8.26. The first-order chi connectivity index (χ1) is 11.9. The highest BCUT2D eigenvalue weighted by Crippen LogP contribution is 2.65. The summed E-state index contributed by atoms with van der Waals surface area (Å²) >= 11 is 8.61. The maximum absolute atomic E-state index is 12.9. The van der Waals surface area contributed by atoms with Crippen molar-refractivity contribution >= 4 is 34.2 Å². The summed E-state index contributed by atoms with van der Waals surface area (Å²) in [5, 5.41) is 0. The summed E-state index contributed by atoms with van der Waals surface area (Å²) in [6.07, 6.45) is 0.789. The minimum Gasteiger partial charge on any atom is -0.497 e. The molecule has 0 aliphatic heterocycles. The molecule has 0 spiro atoms. The van der Waals surface area contributed by atoms with Gasteiger partial charge in [0.25, 0.3) is 0 Å². The number of thioether (sulfide) groups is 1. The second-order valence-corrected chi connectivity index (χ2v) is 10.4. The van der Waals surface area contributed by atoms with Crippen molar-refractivity contribution in [2.45, 2.75) is 35.1 Å². The van der Waals surface area contributed by atoms with Crippen molar-refractivity contribution in [1.29, 1.82) is 0 Å². The minimum atomic E-state index is -1.18. The summed E-state index contributed by atoms with van der Waals surface area (Å²) in [6, 6.07) is 16.0. The topological polar surface area (TPSA) is 26.3 Å². The molecular formula is C20H23ClO2S2. The third kappa shape index (κ3) is 3.91. The van der Waals surface area contributed by atoms with E-state index in [1.165, 1.54) is 5.56 Å². The zero-order valence-electron chi connectivity index (χ0n) is 14.8. The average Bonchev–Trinajstić information content (AvgIpc) is 3.18. The first kappa shape index (κ1) is 18.8. The van der Waals surface area contributed by atoms with E-state index in [9.17, 15) is 4.21 Å². The van der Waals surface area contributed by atoms with E-state index in [2.05, 4.69) is 19.1 Å². The van der Waals surface area contributed by atoms with Crippen LogP contribution < -0.4 is 4.74 Å². The van der Waals surface area contributed by atoms with E-state index in [0.717, 1.165) is 34.1 Å². The summed E-state index contributed by atoms with van der Waals surface area (Å²) in [6.45, 7) is 4.17. The molecule has 1 aliphatic rings. The van der Waals surface area contributed by atoms with Gasteiger partial charge in [-0.15, -0.1) is 11.6 Å². The summed E-state index contributed by atoms with van der Waals surface area (Å²) < 4.78 is 17.5. The highest BCUT2D eigenvalue weighted by molar-refractivity contribution is 7.98. The first-order valence-corrected chi connectivity index (χ1v) is 10.9. The summed E-state index contributed by atoms with van der Waals surface area (Å²) in [7, 11) is 0.488. The molecule has 0 saturated heterocycles. The van der Waals surface area contributed by atoms with Crippen LogP contribution in [-0.2, 0) is 16.6 Å². The van der Waals surface area contributed by atoms with Gasteiger partial charge in [0.1, 0.15) is 9.96 Å². The minimum absolute atomic E-state index is 0.0958. The molecule has 2 nitrogen and oxygen atoms in total. The molecule has 2 aromatic carbocycles. The zero-order chi connectivity index (χ0) is 18.1. The number of aryl methyl sites for hydroxylation is 1. The fraction of sp³-hybridized carbons (Fsp3) is 0.400. The van der Waals surface area contributed by atoms with Crippen LogP contribution in [0.25, 0.3) is 0 Å². The molecule has 0 bridgehead atoms. The van der Waals surface area contributed by atoms with Crippen LogP contribution in [0.5, 0.6) is 5.75 Å². The SMILES string of the molecule is COc1ccc(CSC[C@@]2(C)C[C@@]2(Cl)S(=O)c2ccc(C)cc2)cc1. The molecule has 0 amide bonds. The standard InChI is InChI=1S/C20H23ClO2S2/c1-15-4-10-18(11-5-15)25(22)20(21)13-19(20,2)14-24-12-16-6-8-17(23-3)9-7-16/h4-11H,12-14H2,1-3H3/t19-,20-,25?/m1/s1. The van der Waals surface area contributed by atoms with Gasteiger partial charge in [0.2, 0.25) is 0 Å². The lowest BCUT2D eigenvalue weighted by molar-refractivity contribution is 0.414. The second-order valence-electron chi connectivity index (χ2n) is 6.89. The highest BCUT2D eigenvalue weighted by Gasteiger charge is 2.67. The lowest BCUT2D eigenvalue weighted by Gasteiger charge is -2.16. The monoisotopic (exact) mass is 394 g/mol. The van der Waals surface area contributed by atoms with Gasteiger partial charge < -0.3 is 4.74 Å². The summed E-state index contributed by atoms with van der Waals surface area (Å²) in [5.74, 6) is 2.69. The molecule has 3 atom stereocenters. The Bertz CT molecular complexity index is 760. The maximum Gasteiger partial charge on any atom is 0.131 e. The Hall–Kier alpha value is -0.970. The van der Waals surface area contributed by atoms with Crippen molar-refractivity contribution in [2.75, 3.05) is 12.9 Å². The normalized spacial score (nSPS) is 26.2. The van der Waals surface area contributed by atoms with Crippen molar-refractivity contribution < 1.29 is 8.95 Å². The molecule has 1 saturated carbocycles. The molecule has 5 heteroatoms. The summed E-state index contributed by atoms with van der Waals surface area (Å²) in [4.78, 5) is 0.824. The van der Waals surface area contributed by atoms with Crippen LogP contribution in [0.2, 0.25) is 0 Å². The molecule has 2 aromatic rings. The molecule has 1 aliphatic carbocycles. The Morgan fingerprint density at radius 1 is 1.16 bits per heavy atom. The van der Waals surface area contributed by atoms with Crippen molar-refractivity contribution in [3.05, 3.63) is 59.7 Å². The van der Waals surface area contributed by atoms with Gasteiger partial charge in [-0.3, -0.25) is 4.21 Å². The number of benzene rings is 2. The number of hydrogen-bond acceptors (Lipinski definition) is 3. The second kappa shape index (κ2) is 7.34. The average molecular weight is 395 g/mol. The van der Waals surface area contributed by atoms with Gasteiger partial charge in [0.15, 0.2) is 0 Å². The van der Waals surface area contributed by atoms with E-state index in [0.29, 0.717) is 0 Å². The Kier molecular flexibility index (Phi) is 5.52. The van der Waals surface area contributed by atoms with Crippen LogP contribution in [0.1, 0.15) is 24.5 Å². The van der Waals surface area contributed by atoms with Gasteiger partial charge in [0, 0.05) is 21.8 Å². The molecule has 0 radical (unpaired) electrons. The van der Waals surface area contributed by atoms with Crippen molar-refractivity contribution in [3.63, 3.8) is 0 Å². The molecule has 134 valence electrons. The van der Waals surface area contributed by atoms with Gasteiger partial charge in [-0.25, -0.2) is 0 Å². The molecule has 0 aromatic heterocycles. The number of halogens is 1.